The van der Waals surface area contributed by atoms with Crippen LogP contribution in [-0.2, 0) is 37.8 Å². The number of benzene rings is 2. The van der Waals surface area contributed by atoms with Gasteiger partial charge in [-0.1, -0.05) is 60.3 Å². The van der Waals surface area contributed by atoms with E-state index in [0.29, 0.717) is 56.7 Å². The number of carboxylic acid groups (broad SMARTS) is 1. The van der Waals surface area contributed by atoms with Crippen LogP contribution in [0.2, 0.25) is 10.0 Å². The molecule has 5 aliphatic rings. The van der Waals surface area contributed by atoms with E-state index in [4.69, 9.17) is 28.2 Å². The lowest BCUT2D eigenvalue weighted by atomic mass is 9.80. The fraction of sp³-hybridized carbons (Fsp3) is 0.477. The molecule has 2 aromatic heterocycles. The molecule has 3 fully saturated rings. The highest BCUT2D eigenvalue weighted by Gasteiger charge is 2.57. The summed E-state index contributed by atoms with van der Waals surface area (Å²) in [5.41, 5.74) is 6.34. The van der Waals surface area contributed by atoms with Crippen LogP contribution in [0.5, 0.6) is 0 Å². The number of fused-ring (bicyclic) bond motifs is 4. The minimum Gasteiger partial charge on any atom is -0.481 e. The number of carboxylic acids is 1. The van der Waals surface area contributed by atoms with Gasteiger partial charge in [-0.25, -0.2) is 4.98 Å². The van der Waals surface area contributed by atoms with E-state index in [1.165, 1.54) is 36.8 Å². The fourth-order valence-corrected chi connectivity index (χ4v) is 11.1. The molecule has 3 saturated carbocycles. The quantitative estimate of drug-likeness (QED) is 0.146. The van der Waals surface area contributed by atoms with Crippen LogP contribution in [-0.4, -0.2) is 72.9 Å². The number of carbonyl (C=O) groups excluding carboxylic acids is 2. The summed E-state index contributed by atoms with van der Waals surface area (Å²) >= 11 is 13.9. The van der Waals surface area contributed by atoms with Gasteiger partial charge in [0.05, 0.1) is 32.5 Å². The number of amides is 2. The molecular weight excluding hydrogens is 761 g/mol. The standard InChI is InChI=1S/C44H49Cl2N7O4/c1-51-36-13-19-52(21-18-43-14-16-44(26-43,17-15-43)42(56)57)25-35(36)48-39(51)41(55)50-33-11-5-9-31(38(33)46)30-8-4-10-32(37(30)45)49-40(54)34-22-27-12-20-53(24-28(27)23-47-34)29-6-2-3-7-29/h4-5,8-11,22-23,29H,2-3,6-7,12-21,24-26H2,1H3,(H,49,54)(H,50,55)(H,56,57). The lowest BCUT2D eigenvalue weighted by molar-refractivity contribution is -0.148. The molecule has 2 aliphatic heterocycles. The molecule has 57 heavy (non-hydrogen) atoms. The largest absolute Gasteiger partial charge is 0.481 e. The first-order chi connectivity index (χ1) is 27.5. The molecule has 4 aromatic rings. The van der Waals surface area contributed by atoms with Crippen molar-refractivity contribution in [1.29, 1.82) is 0 Å². The Kier molecular flexibility index (Phi) is 10.2. The first-order valence-corrected chi connectivity index (χ1v) is 21.2. The van der Waals surface area contributed by atoms with Crippen molar-refractivity contribution in [2.45, 2.75) is 96.2 Å². The normalized spacial score (nSPS) is 23.4. The lowest BCUT2D eigenvalue weighted by Crippen LogP contribution is -2.38. The number of pyridine rings is 1. The molecule has 13 heteroatoms. The SMILES string of the molecule is Cn1c(C(=O)Nc2cccc(-c3cccc(NC(=O)c4cc5c(cn4)CN(C4CCCC4)CC5)c3Cl)c2Cl)nc2c1CCN(CCC13CCC(C(=O)O)(CC1)C3)C2. The van der Waals surface area contributed by atoms with Crippen molar-refractivity contribution >= 4 is 52.4 Å². The van der Waals surface area contributed by atoms with Crippen LogP contribution in [0.25, 0.3) is 11.1 Å². The fourth-order valence-electron chi connectivity index (χ4n) is 10.5. The Morgan fingerprint density at radius 2 is 1.56 bits per heavy atom. The number of hydrogen-bond acceptors (Lipinski definition) is 7. The zero-order valence-corrected chi connectivity index (χ0v) is 33.9. The van der Waals surface area contributed by atoms with Crippen molar-refractivity contribution in [2.75, 3.05) is 30.3 Å². The predicted molar refractivity (Wildman–Crippen MR) is 221 cm³/mol. The van der Waals surface area contributed by atoms with Crippen molar-refractivity contribution in [2.24, 2.45) is 17.9 Å². The van der Waals surface area contributed by atoms with Gasteiger partial charge in [0.1, 0.15) is 5.69 Å². The first kappa shape index (κ1) is 38.2. The van der Waals surface area contributed by atoms with Crippen molar-refractivity contribution in [3.63, 3.8) is 0 Å². The van der Waals surface area contributed by atoms with Crippen LogP contribution in [0.3, 0.4) is 0 Å². The van der Waals surface area contributed by atoms with E-state index in [1.54, 1.807) is 18.2 Å². The smallest absolute Gasteiger partial charge is 0.309 e. The summed E-state index contributed by atoms with van der Waals surface area (Å²) in [6.45, 7) is 4.30. The van der Waals surface area contributed by atoms with Crippen LogP contribution in [0.15, 0.2) is 48.7 Å². The van der Waals surface area contributed by atoms with E-state index in [9.17, 15) is 19.5 Å². The zero-order chi connectivity index (χ0) is 39.5. The molecule has 9 rings (SSSR count). The number of aromatic nitrogens is 3. The molecule has 2 bridgehead atoms. The van der Waals surface area contributed by atoms with Crippen molar-refractivity contribution in [1.82, 2.24) is 24.3 Å². The second-order valence-electron chi connectivity index (χ2n) is 17.2. The molecule has 298 valence electrons. The van der Waals surface area contributed by atoms with Crippen molar-refractivity contribution < 1.29 is 19.5 Å². The number of hydrogen-bond donors (Lipinski definition) is 3. The summed E-state index contributed by atoms with van der Waals surface area (Å²) in [6.07, 6.45) is 14.0. The summed E-state index contributed by atoms with van der Waals surface area (Å²) in [5, 5.41) is 16.4. The Morgan fingerprint density at radius 1 is 0.877 bits per heavy atom. The lowest BCUT2D eigenvalue weighted by Gasteiger charge is -2.33. The van der Waals surface area contributed by atoms with Crippen LogP contribution in [0.1, 0.15) is 108 Å². The summed E-state index contributed by atoms with van der Waals surface area (Å²) in [5.74, 6) is -1.02. The number of carbonyl (C=O) groups is 3. The number of imidazole rings is 1. The summed E-state index contributed by atoms with van der Waals surface area (Å²) < 4.78 is 1.87. The Balaban J connectivity index is 0.855. The van der Waals surface area contributed by atoms with Crippen LogP contribution in [0.4, 0.5) is 11.4 Å². The topological polar surface area (TPSA) is 133 Å². The second kappa shape index (κ2) is 15.1. The summed E-state index contributed by atoms with van der Waals surface area (Å²) in [7, 11) is 1.87. The van der Waals surface area contributed by atoms with Gasteiger partial charge in [0.15, 0.2) is 5.82 Å². The van der Waals surface area contributed by atoms with Gasteiger partial charge in [-0.05, 0) is 99.1 Å². The van der Waals surface area contributed by atoms with Gasteiger partial charge in [-0.15, -0.1) is 0 Å². The average molecular weight is 811 g/mol. The minimum absolute atomic E-state index is 0.137. The molecular formula is C44H49Cl2N7O4. The van der Waals surface area contributed by atoms with Gasteiger partial charge in [-0.3, -0.25) is 29.2 Å². The molecule has 11 nitrogen and oxygen atoms in total. The number of anilines is 2. The molecule has 0 saturated heterocycles. The van der Waals surface area contributed by atoms with Gasteiger partial charge < -0.3 is 20.3 Å². The number of halogens is 2. The van der Waals surface area contributed by atoms with Gasteiger partial charge in [0, 0.05) is 68.7 Å². The number of aliphatic carboxylic acids is 1. The van der Waals surface area contributed by atoms with Crippen LogP contribution in [0, 0.1) is 10.8 Å². The van der Waals surface area contributed by atoms with E-state index in [1.807, 2.05) is 42.1 Å². The molecule has 4 heterocycles. The molecule has 0 spiro atoms. The maximum absolute atomic E-state index is 13.8. The highest BCUT2D eigenvalue weighted by atomic mass is 35.5. The Labute approximate surface area is 343 Å². The molecule has 3 N–H and O–H groups in total. The van der Waals surface area contributed by atoms with E-state index in [2.05, 4.69) is 25.4 Å². The molecule has 0 atom stereocenters. The van der Waals surface area contributed by atoms with Crippen molar-refractivity contribution in [3.8, 4) is 11.1 Å². The van der Waals surface area contributed by atoms with E-state index < -0.39 is 11.4 Å². The third kappa shape index (κ3) is 7.15. The van der Waals surface area contributed by atoms with Crippen LogP contribution >= 0.6 is 23.2 Å². The van der Waals surface area contributed by atoms with Gasteiger partial charge in [-0.2, -0.15) is 0 Å². The third-order valence-electron chi connectivity index (χ3n) is 13.9. The second-order valence-corrected chi connectivity index (χ2v) is 17.9. The monoisotopic (exact) mass is 809 g/mol. The summed E-state index contributed by atoms with van der Waals surface area (Å²) in [4.78, 5) is 53.5. The maximum Gasteiger partial charge on any atom is 0.309 e. The maximum atomic E-state index is 13.8. The van der Waals surface area contributed by atoms with Crippen molar-refractivity contribution in [3.05, 3.63) is 92.7 Å². The highest BCUT2D eigenvalue weighted by Crippen LogP contribution is 2.63. The number of nitrogens with zero attached hydrogens (tertiary/aromatic N) is 5. The predicted octanol–water partition coefficient (Wildman–Crippen LogP) is 8.38. The van der Waals surface area contributed by atoms with E-state index in [-0.39, 0.29) is 17.2 Å². The molecule has 0 unspecified atom stereocenters. The summed E-state index contributed by atoms with van der Waals surface area (Å²) in [6, 6.07) is 13.3. The Hall–Kier alpha value is -4.29. The zero-order valence-electron chi connectivity index (χ0n) is 32.4. The van der Waals surface area contributed by atoms with Gasteiger partial charge in [0.2, 0.25) is 0 Å². The molecule has 2 amide bonds. The Morgan fingerprint density at radius 3 is 2.23 bits per heavy atom. The average Bonchev–Trinajstić information content (AvgIpc) is 4.03. The minimum atomic E-state index is -0.625. The highest BCUT2D eigenvalue weighted by molar-refractivity contribution is 6.40. The third-order valence-corrected chi connectivity index (χ3v) is 14.7. The number of nitrogens with one attached hydrogen (secondary N) is 2. The van der Waals surface area contributed by atoms with Gasteiger partial charge in [0.25, 0.3) is 11.8 Å². The number of rotatable bonds is 10. The molecule has 3 aliphatic carbocycles. The van der Waals surface area contributed by atoms with Gasteiger partial charge >= 0.3 is 5.97 Å². The molecule has 2 aromatic carbocycles. The Bertz CT molecular complexity index is 2260. The van der Waals surface area contributed by atoms with Crippen LogP contribution < -0.4 is 10.6 Å². The van der Waals surface area contributed by atoms with E-state index in [0.717, 1.165) is 88.9 Å². The molecule has 0 radical (unpaired) electrons. The van der Waals surface area contributed by atoms with E-state index >= 15 is 0 Å². The first-order valence-electron chi connectivity index (χ1n) is 20.4.